The van der Waals surface area contributed by atoms with Crippen LogP contribution in [0.1, 0.15) is 50.6 Å². The van der Waals surface area contributed by atoms with Gasteiger partial charge in [0.1, 0.15) is 5.76 Å². The van der Waals surface area contributed by atoms with Crippen LogP contribution in [0, 0.1) is 0 Å². The molecule has 3 aromatic rings. The first-order valence-electron chi connectivity index (χ1n) is 9.95. The molecule has 160 valence electrons. The molecule has 6 nitrogen and oxygen atoms in total. The average molecular weight is 437 g/mol. The number of hydrogen-bond acceptors (Lipinski definition) is 6. The number of benzene rings is 1. The molecule has 1 atom stereocenters. The average Bonchev–Trinajstić information content (AvgIpc) is 3.34. The molecule has 0 fully saturated rings. The molecule has 1 aliphatic rings. The first-order valence-corrected chi connectivity index (χ1v) is 10.8. The lowest BCUT2D eigenvalue weighted by atomic mass is 9.85. The zero-order valence-corrected chi connectivity index (χ0v) is 18.9. The summed E-state index contributed by atoms with van der Waals surface area (Å²) in [6.45, 7) is 8.20. The van der Waals surface area contributed by atoms with Gasteiger partial charge in [0.05, 0.1) is 35.2 Å². The van der Waals surface area contributed by atoms with Crippen LogP contribution in [0.5, 0.6) is 0 Å². The molecule has 31 heavy (non-hydrogen) atoms. The molecule has 0 N–H and O–H groups in total. The molecule has 3 heterocycles. The largest absolute Gasteiger partial charge is 0.466 e. The Morgan fingerprint density at radius 3 is 2.52 bits per heavy atom. The van der Waals surface area contributed by atoms with E-state index in [1.807, 2.05) is 24.3 Å². The van der Waals surface area contributed by atoms with Crippen molar-refractivity contribution in [1.29, 1.82) is 0 Å². The Morgan fingerprint density at radius 1 is 1.23 bits per heavy atom. The number of ether oxygens (including phenoxy) is 1. The van der Waals surface area contributed by atoms with E-state index in [-0.39, 0.29) is 11.0 Å². The minimum Gasteiger partial charge on any atom is -0.466 e. The Hall–Kier alpha value is -3.19. The van der Waals surface area contributed by atoms with Gasteiger partial charge in [-0.25, -0.2) is 9.79 Å². The van der Waals surface area contributed by atoms with Crippen molar-refractivity contribution < 1.29 is 13.9 Å². The number of thiazole rings is 1. The van der Waals surface area contributed by atoms with E-state index >= 15 is 0 Å². The number of carbonyl (C=O) groups excluding carboxylic acids is 1. The monoisotopic (exact) mass is 436 g/mol. The van der Waals surface area contributed by atoms with Crippen molar-refractivity contribution in [2.45, 2.75) is 39.2 Å². The van der Waals surface area contributed by atoms with Gasteiger partial charge in [-0.15, -0.1) is 0 Å². The Labute approximate surface area is 183 Å². The Kier molecular flexibility index (Phi) is 5.31. The summed E-state index contributed by atoms with van der Waals surface area (Å²) >= 11 is 1.27. The van der Waals surface area contributed by atoms with Crippen LogP contribution in [0.15, 0.2) is 68.1 Å². The summed E-state index contributed by atoms with van der Waals surface area (Å²) in [7, 11) is 1.34. The number of allylic oxidation sites excluding steroid dienone is 1. The molecule has 0 amide bonds. The Bertz CT molecular complexity index is 1330. The van der Waals surface area contributed by atoms with Gasteiger partial charge in [-0.3, -0.25) is 9.36 Å². The molecular formula is C24H24N2O4S. The van der Waals surface area contributed by atoms with Gasteiger partial charge in [0, 0.05) is 6.08 Å². The molecular weight excluding hydrogens is 412 g/mol. The number of nitrogens with zero attached hydrogens (tertiary/aromatic N) is 2. The maximum absolute atomic E-state index is 13.4. The number of furan rings is 1. The van der Waals surface area contributed by atoms with Crippen LogP contribution in [0.3, 0.4) is 0 Å². The van der Waals surface area contributed by atoms with Crippen LogP contribution in [-0.4, -0.2) is 17.6 Å². The summed E-state index contributed by atoms with van der Waals surface area (Å²) in [4.78, 5) is 31.2. The standard InChI is InChI=1S/C24H24N2O4S/c1-14-19(22(28)29-5)20(15-8-10-16(11-9-15)24(2,3)4)26-21(27)18(31-23(26)25-14)13-17-7-6-12-30-17/h6-13,20H,1-5H3. The zero-order valence-electron chi connectivity index (χ0n) is 18.1. The van der Waals surface area contributed by atoms with Crippen molar-refractivity contribution in [3.05, 3.63) is 90.5 Å². The molecule has 7 heteroatoms. The minimum atomic E-state index is -0.614. The van der Waals surface area contributed by atoms with E-state index < -0.39 is 12.0 Å². The fraction of sp³-hybridized carbons (Fsp3) is 0.292. The van der Waals surface area contributed by atoms with Crippen molar-refractivity contribution in [3.63, 3.8) is 0 Å². The van der Waals surface area contributed by atoms with Gasteiger partial charge in [-0.2, -0.15) is 0 Å². The highest BCUT2D eigenvalue weighted by molar-refractivity contribution is 7.07. The van der Waals surface area contributed by atoms with Gasteiger partial charge < -0.3 is 9.15 Å². The smallest absolute Gasteiger partial charge is 0.338 e. The second kappa shape index (κ2) is 7.81. The predicted octanol–water partition coefficient (Wildman–Crippen LogP) is 3.30. The van der Waals surface area contributed by atoms with Crippen LogP contribution >= 0.6 is 11.3 Å². The molecule has 2 aromatic heterocycles. The highest BCUT2D eigenvalue weighted by Crippen LogP contribution is 2.32. The topological polar surface area (TPSA) is 73.8 Å². The molecule has 0 bridgehead atoms. The van der Waals surface area contributed by atoms with Gasteiger partial charge >= 0.3 is 5.97 Å². The van der Waals surface area contributed by atoms with E-state index in [1.54, 1.807) is 36.0 Å². The summed E-state index contributed by atoms with van der Waals surface area (Å²) in [6, 6.07) is 11.0. The van der Waals surface area contributed by atoms with E-state index in [2.05, 4.69) is 25.8 Å². The maximum Gasteiger partial charge on any atom is 0.338 e. The number of methoxy groups -OCH3 is 1. The van der Waals surface area contributed by atoms with E-state index in [0.717, 1.165) is 5.56 Å². The quantitative estimate of drug-likeness (QED) is 0.591. The number of aromatic nitrogens is 1. The SMILES string of the molecule is COC(=O)C1=C(C)N=c2sc(=Cc3ccco3)c(=O)n2C1c1ccc(C(C)(C)C)cc1. The molecule has 1 aliphatic heterocycles. The third-order valence-corrected chi connectivity index (χ3v) is 6.32. The molecule has 0 saturated carbocycles. The summed E-state index contributed by atoms with van der Waals surface area (Å²) in [5.41, 5.74) is 2.67. The Morgan fingerprint density at radius 2 is 1.94 bits per heavy atom. The fourth-order valence-electron chi connectivity index (χ4n) is 3.68. The van der Waals surface area contributed by atoms with Crippen LogP contribution in [-0.2, 0) is 14.9 Å². The van der Waals surface area contributed by atoms with Crippen LogP contribution in [0.4, 0.5) is 0 Å². The summed E-state index contributed by atoms with van der Waals surface area (Å²) in [6.07, 6.45) is 3.25. The molecule has 1 aromatic carbocycles. The third-order valence-electron chi connectivity index (χ3n) is 5.34. The second-order valence-corrected chi connectivity index (χ2v) is 9.47. The van der Waals surface area contributed by atoms with E-state index in [4.69, 9.17) is 9.15 Å². The lowest BCUT2D eigenvalue weighted by Gasteiger charge is -2.25. The molecule has 4 rings (SSSR count). The second-order valence-electron chi connectivity index (χ2n) is 8.46. The van der Waals surface area contributed by atoms with Crippen molar-refractivity contribution in [2.24, 2.45) is 4.99 Å². The number of rotatable bonds is 3. The van der Waals surface area contributed by atoms with Crippen molar-refractivity contribution >= 4 is 23.4 Å². The lowest BCUT2D eigenvalue weighted by Crippen LogP contribution is -2.39. The van der Waals surface area contributed by atoms with Gasteiger partial charge in [-0.05, 0) is 35.6 Å². The summed E-state index contributed by atoms with van der Waals surface area (Å²) in [5.74, 6) is 0.0895. The zero-order chi connectivity index (χ0) is 22.3. The summed E-state index contributed by atoms with van der Waals surface area (Å²) in [5, 5.41) is 0. The molecule has 1 unspecified atom stereocenters. The highest BCUT2D eigenvalue weighted by atomic mass is 32.1. The van der Waals surface area contributed by atoms with Gasteiger partial charge in [0.2, 0.25) is 0 Å². The fourth-order valence-corrected chi connectivity index (χ4v) is 4.70. The predicted molar refractivity (Wildman–Crippen MR) is 120 cm³/mol. The van der Waals surface area contributed by atoms with Crippen LogP contribution in [0.25, 0.3) is 6.08 Å². The first-order chi connectivity index (χ1) is 14.7. The minimum absolute atomic E-state index is 0.00703. The summed E-state index contributed by atoms with van der Waals surface area (Å²) < 4.78 is 12.5. The Balaban J connectivity index is 1.95. The lowest BCUT2D eigenvalue weighted by molar-refractivity contribution is -0.136. The van der Waals surface area contributed by atoms with Gasteiger partial charge in [0.15, 0.2) is 4.80 Å². The normalized spacial score (nSPS) is 16.8. The number of hydrogen-bond donors (Lipinski definition) is 0. The third kappa shape index (κ3) is 3.81. The van der Waals surface area contributed by atoms with E-state index in [0.29, 0.717) is 26.4 Å². The van der Waals surface area contributed by atoms with Gasteiger partial charge in [0.25, 0.3) is 5.56 Å². The van der Waals surface area contributed by atoms with Crippen molar-refractivity contribution in [1.82, 2.24) is 4.57 Å². The molecule has 0 radical (unpaired) electrons. The number of esters is 1. The first kappa shape index (κ1) is 21.1. The van der Waals surface area contributed by atoms with E-state index in [1.165, 1.54) is 24.0 Å². The highest BCUT2D eigenvalue weighted by Gasteiger charge is 2.33. The molecule has 0 aliphatic carbocycles. The van der Waals surface area contributed by atoms with Crippen LogP contribution < -0.4 is 14.9 Å². The van der Waals surface area contributed by atoms with Crippen LogP contribution in [0.2, 0.25) is 0 Å². The van der Waals surface area contributed by atoms with Crippen molar-refractivity contribution in [3.8, 4) is 0 Å². The number of carbonyl (C=O) groups is 1. The maximum atomic E-state index is 13.4. The van der Waals surface area contributed by atoms with Gasteiger partial charge in [-0.1, -0.05) is 56.4 Å². The molecule has 0 spiro atoms. The number of fused-ring (bicyclic) bond motifs is 1. The van der Waals surface area contributed by atoms with Crippen molar-refractivity contribution in [2.75, 3.05) is 7.11 Å². The van der Waals surface area contributed by atoms with E-state index in [9.17, 15) is 9.59 Å². The molecule has 0 saturated heterocycles.